The Morgan fingerprint density at radius 1 is 1.18 bits per heavy atom. The van der Waals surface area contributed by atoms with E-state index in [0.717, 1.165) is 45.2 Å². The van der Waals surface area contributed by atoms with E-state index in [1.54, 1.807) is 14.0 Å². The lowest BCUT2D eigenvalue weighted by Crippen LogP contribution is -2.58. The molecule has 2 atom stereocenters. The molecule has 2 fully saturated rings. The lowest BCUT2D eigenvalue weighted by molar-refractivity contribution is -0.157. The molecule has 0 saturated carbocycles. The van der Waals surface area contributed by atoms with Gasteiger partial charge in [0.25, 0.3) is 0 Å². The molecule has 1 amide bonds. The molecule has 0 radical (unpaired) electrons. The predicted molar refractivity (Wildman–Crippen MR) is 128 cm³/mol. The van der Waals surface area contributed by atoms with Gasteiger partial charge in [0.15, 0.2) is 0 Å². The van der Waals surface area contributed by atoms with Crippen molar-refractivity contribution in [2.45, 2.75) is 76.9 Å². The minimum atomic E-state index is -0.773. The quantitative estimate of drug-likeness (QED) is 0.454. The zero-order chi connectivity index (χ0) is 24.6. The van der Waals surface area contributed by atoms with E-state index in [1.807, 2.05) is 18.9 Å². The van der Waals surface area contributed by atoms with E-state index in [4.69, 9.17) is 9.47 Å². The summed E-state index contributed by atoms with van der Waals surface area (Å²) in [5.41, 5.74) is -0.719. The Kier molecular flexibility index (Phi) is 10.3. The second-order valence-electron chi connectivity index (χ2n) is 10.3. The average molecular weight is 468 g/mol. The van der Waals surface area contributed by atoms with Crippen LogP contribution >= 0.6 is 0 Å². The number of ether oxygens (including phenoxy) is 2. The number of methoxy groups -OCH3 is 1. The van der Waals surface area contributed by atoms with Gasteiger partial charge < -0.3 is 14.4 Å². The third-order valence-electron chi connectivity index (χ3n) is 7.78. The number of amides is 1. The second kappa shape index (κ2) is 12.3. The number of Topliss-reactive ketones (excluding diaryl/α,β-unsaturated/α-hetero) is 1. The molecule has 0 aromatic rings. The largest absolute Gasteiger partial charge is 0.463 e. The van der Waals surface area contributed by atoms with Gasteiger partial charge in [-0.15, -0.1) is 0 Å². The maximum Gasteiger partial charge on any atom is 0.316 e. The number of esters is 1. The van der Waals surface area contributed by atoms with Crippen LogP contribution in [-0.4, -0.2) is 104 Å². The summed E-state index contributed by atoms with van der Waals surface area (Å²) in [6, 6.07) is 0. The minimum absolute atomic E-state index is 0.0958. The first kappa shape index (κ1) is 27.7. The third kappa shape index (κ3) is 7.49. The maximum absolute atomic E-state index is 12.8. The summed E-state index contributed by atoms with van der Waals surface area (Å²) in [4.78, 5) is 44.3. The number of likely N-dealkylation sites (N-methyl/N-ethyl adjacent to an activating group) is 2. The first-order valence-corrected chi connectivity index (χ1v) is 12.5. The third-order valence-corrected chi connectivity index (χ3v) is 7.78. The summed E-state index contributed by atoms with van der Waals surface area (Å²) in [5.74, 6) is -1.17. The van der Waals surface area contributed by atoms with Crippen LogP contribution in [0.2, 0.25) is 0 Å². The fourth-order valence-electron chi connectivity index (χ4n) is 4.92. The van der Waals surface area contributed by atoms with Crippen molar-refractivity contribution in [3.8, 4) is 0 Å². The van der Waals surface area contributed by atoms with Crippen LogP contribution in [0.1, 0.15) is 65.7 Å². The SMILES string of the molecule is CCCN(C)CC(=O)N1CCC2(CC1)COC(=O)C(C)C(=O)CC[C@](C)(OC)CCCN2C. The van der Waals surface area contributed by atoms with E-state index >= 15 is 0 Å². The Hall–Kier alpha value is -1.51. The number of hydrogen-bond acceptors (Lipinski definition) is 7. The van der Waals surface area contributed by atoms with E-state index in [-0.39, 0.29) is 29.4 Å². The summed E-state index contributed by atoms with van der Waals surface area (Å²) >= 11 is 0. The molecule has 2 rings (SSSR count). The summed E-state index contributed by atoms with van der Waals surface area (Å²) in [6.45, 7) is 9.50. The van der Waals surface area contributed by atoms with Crippen molar-refractivity contribution in [3.63, 3.8) is 0 Å². The van der Waals surface area contributed by atoms with Crippen LogP contribution in [0.5, 0.6) is 0 Å². The first-order chi connectivity index (χ1) is 15.6. The highest BCUT2D eigenvalue weighted by Gasteiger charge is 2.41. The lowest BCUT2D eigenvalue weighted by Gasteiger charge is -2.47. The molecule has 2 aliphatic rings. The molecule has 1 unspecified atom stereocenters. The Morgan fingerprint density at radius 2 is 1.85 bits per heavy atom. The number of rotatable bonds is 5. The Bertz CT molecular complexity index is 677. The standard InChI is InChI=1S/C25H45N3O5/c1-7-14-26(4)18-22(30)28-16-12-25(13-17-28)19-33-23(31)20(2)21(29)9-11-24(3,32-6)10-8-15-27(25)5/h20H,7-19H2,1-6H3/t20?,24-/m1/s1. The minimum Gasteiger partial charge on any atom is -0.463 e. The zero-order valence-electron chi connectivity index (χ0n) is 21.7. The van der Waals surface area contributed by atoms with Crippen molar-refractivity contribution in [1.82, 2.24) is 14.7 Å². The monoisotopic (exact) mass is 467 g/mol. The van der Waals surface area contributed by atoms with Gasteiger partial charge >= 0.3 is 5.97 Å². The molecule has 2 heterocycles. The highest BCUT2D eigenvalue weighted by Crippen LogP contribution is 2.31. The fraction of sp³-hybridized carbons (Fsp3) is 0.880. The van der Waals surface area contributed by atoms with Crippen molar-refractivity contribution in [2.75, 3.05) is 60.5 Å². The molecule has 8 nitrogen and oxygen atoms in total. The van der Waals surface area contributed by atoms with Crippen LogP contribution < -0.4 is 0 Å². The number of carbonyl (C=O) groups excluding carboxylic acids is 3. The van der Waals surface area contributed by atoms with Gasteiger partial charge in [-0.3, -0.25) is 24.2 Å². The molecule has 0 N–H and O–H groups in total. The van der Waals surface area contributed by atoms with Crippen LogP contribution in [0.15, 0.2) is 0 Å². The van der Waals surface area contributed by atoms with Gasteiger partial charge in [0.05, 0.1) is 17.7 Å². The number of carbonyl (C=O) groups is 3. The van der Waals surface area contributed by atoms with Gasteiger partial charge in [0.2, 0.25) is 5.91 Å². The number of likely N-dealkylation sites (tertiary alicyclic amines) is 1. The molecule has 0 aliphatic carbocycles. The van der Waals surface area contributed by atoms with Crippen LogP contribution in [0.4, 0.5) is 0 Å². The van der Waals surface area contributed by atoms with Gasteiger partial charge in [-0.25, -0.2) is 0 Å². The molecular formula is C25H45N3O5. The van der Waals surface area contributed by atoms with Crippen molar-refractivity contribution in [2.24, 2.45) is 5.92 Å². The van der Waals surface area contributed by atoms with Gasteiger partial charge in [0, 0.05) is 26.6 Å². The van der Waals surface area contributed by atoms with Crippen molar-refractivity contribution >= 4 is 17.7 Å². The Morgan fingerprint density at radius 3 is 2.45 bits per heavy atom. The van der Waals surface area contributed by atoms with Crippen LogP contribution in [0.25, 0.3) is 0 Å². The lowest BCUT2D eigenvalue weighted by atomic mass is 9.86. The van der Waals surface area contributed by atoms with Crippen LogP contribution in [0.3, 0.4) is 0 Å². The van der Waals surface area contributed by atoms with Crippen LogP contribution in [-0.2, 0) is 23.9 Å². The van der Waals surface area contributed by atoms with Gasteiger partial charge in [-0.1, -0.05) is 6.92 Å². The normalized spacial score (nSPS) is 28.2. The van der Waals surface area contributed by atoms with E-state index < -0.39 is 11.9 Å². The highest BCUT2D eigenvalue weighted by atomic mass is 16.5. The molecule has 33 heavy (non-hydrogen) atoms. The molecule has 0 aromatic carbocycles. The van der Waals surface area contributed by atoms with Crippen molar-refractivity contribution in [3.05, 3.63) is 0 Å². The van der Waals surface area contributed by atoms with Gasteiger partial charge in [-0.2, -0.15) is 0 Å². The van der Waals surface area contributed by atoms with E-state index in [9.17, 15) is 14.4 Å². The smallest absolute Gasteiger partial charge is 0.316 e. The highest BCUT2D eigenvalue weighted by molar-refractivity contribution is 5.98. The van der Waals surface area contributed by atoms with Gasteiger partial charge in [0.1, 0.15) is 18.3 Å². The van der Waals surface area contributed by atoms with E-state index in [2.05, 4.69) is 23.8 Å². The zero-order valence-corrected chi connectivity index (χ0v) is 21.7. The van der Waals surface area contributed by atoms with Crippen molar-refractivity contribution < 1.29 is 23.9 Å². The Balaban J connectivity index is 2.12. The number of ketones is 1. The van der Waals surface area contributed by atoms with Crippen LogP contribution in [0, 0.1) is 5.92 Å². The number of piperidine rings is 1. The molecule has 8 heteroatoms. The summed E-state index contributed by atoms with van der Waals surface area (Å²) in [7, 11) is 5.75. The Labute approximate surface area is 199 Å². The number of hydrogen-bond donors (Lipinski definition) is 0. The molecule has 0 aromatic heterocycles. The van der Waals surface area contributed by atoms with E-state index in [1.165, 1.54) is 0 Å². The van der Waals surface area contributed by atoms with Crippen molar-refractivity contribution in [1.29, 1.82) is 0 Å². The summed E-state index contributed by atoms with van der Waals surface area (Å²) in [6.07, 6.45) is 5.17. The molecule has 1 spiro atoms. The summed E-state index contributed by atoms with van der Waals surface area (Å²) < 4.78 is 11.5. The topological polar surface area (TPSA) is 79.4 Å². The maximum atomic E-state index is 12.8. The van der Waals surface area contributed by atoms with E-state index in [0.29, 0.717) is 32.5 Å². The molecule has 0 bridgehead atoms. The molecular weight excluding hydrogens is 422 g/mol. The predicted octanol–water partition coefficient (Wildman–Crippen LogP) is 2.35. The molecule has 2 aliphatic heterocycles. The number of nitrogens with zero attached hydrogens (tertiary/aromatic N) is 3. The number of cyclic esters (lactones) is 1. The van der Waals surface area contributed by atoms with Gasteiger partial charge in [-0.05, 0) is 79.6 Å². The fourth-order valence-corrected chi connectivity index (χ4v) is 4.92. The summed E-state index contributed by atoms with van der Waals surface area (Å²) in [5, 5.41) is 0. The second-order valence-corrected chi connectivity index (χ2v) is 10.3. The average Bonchev–Trinajstić information content (AvgIpc) is 2.80. The first-order valence-electron chi connectivity index (χ1n) is 12.5. The molecule has 2 saturated heterocycles. The molecule has 190 valence electrons.